The monoisotopic (exact) mass is 590 g/mol. The van der Waals surface area contributed by atoms with Crippen molar-refractivity contribution >= 4 is 49.2 Å². The topological polar surface area (TPSA) is 50.3 Å². The Labute approximate surface area is 219 Å². The van der Waals surface area contributed by atoms with E-state index in [1.807, 2.05) is 109 Å². The molecule has 0 aliphatic carbocycles. The molecule has 0 fully saturated rings. The fourth-order valence-corrected chi connectivity index (χ4v) is 5.52. The molecule has 0 saturated carbocycles. The summed E-state index contributed by atoms with van der Waals surface area (Å²) in [5, 5.41) is 0.793. The van der Waals surface area contributed by atoms with E-state index in [1.54, 1.807) is 0 Å². The van der Waals surface area contributed by atoms with Crippen molar-refractivity contribution in [2.24, 2.45) is 0 Å². The van der Waals surface area contributed by atoms with Gasteiger partial charge >= 0.3 is 0 Å². The van der Waals surface area contributed by atoms with Gasteiger partial charge in [-0.25, -0.2) is 13.4 Å². The SMILES string of the molecule is CS(=O)(=O)N(Cc1ccccc1)c1c(-c2ccccc2)c(-c2ccc(I)cc2)nc2ccccc12. The van der Waals surface area contributed by atoms with Gasteiger partial charge in [-0.2, -0.15) is 0 Å². The molecular weight excluding hydrogens is 567 g/mol. The third-order valence-electron chi connectivity index (χ3n) is 5.86. The fraction of sp³-hybridized carbons (Fsp3) is 0.0690. The second-order valence-electron chi connectivity index (χ2n) is 8.33. The number of para-hydroxylation sites is 1. The number of sulfonamides is 1. The molecular formula is C29H23IN2O2S. The van der Waals surface area contributed by atoms with Crippen LogP contribution in [0.3, 0.4) is 0 Å². The van der Waals surface area contributed by atoms with E-state index in [4.69, 9.17) is 4.98 Å². The van der Waals surface area contributed by atoms with Crippen LogP contribution in [0.1, 0.15) is 5.56 Å². The Balaban J connectivity index is 1.90. The van der Waals surface area contributed by atoms with Crippen LogP contribution < -0.4 is 4.31 Å². The van der Waals surface area contributed by atoms with Crippen LogP contribution in [-0.2, 0) is 16.6 Å². The second kappa shape index (κ2) is 9.79. The quantitative estimate of drug-likeness (QED) is 0.198. The zero-order valence-corrected chi connectivity index (χ0v) is 22.1. The molecule has 0 aliphatic heterocycles. The van der Waals surface area contributed by atoms with Gasteiger partial charge < -0.3 is 0 Å². The Morgan fingerprint density at radius 3 is 2.00 bits per heavy atom. The lowest BCUT2D eigenvalue weighted by molar-refractivity contribution is 0.596. The molecule has 35 heavy (non-hydrogen) atoms. The van der Waals surface area contributed by atoms with E-state index < -0.39 is 10.0 Å². The van der Waals surface area contributed by atoms with Crippen LogP contribution in [0.5, 0.6) is 0 Å². The summed E-state index contributed by atoms with van der Waals surface area (Å²) in [6.45, 7) is 0.222. The Morgan fingerprint density at radius 1 is 0.743 bits per heavy atom. The Hall–Kier alpha value is -3.23. The maximum absolute atomic E-state index is 13.4. The minimum atomic E-state index is -3.64. The lowest BCUT2D eigenvalue weighted by atomic mass is 9.95. The van der Waals surface area contributed by atoms with Crippen LogP contribution in [0.4, 0.5) is 5.69 Å². The van der Waals surface area contributed by atoms with Crippen molar-refractivity contribution in [2.45, 2.75) is 6.54 Å². The first-order valence-corrected chi connectivity index (χ1v) is 14.1. The standard InChI is InChI=1S/C29H23IN2O2S/c1-35(33,34)32(20-21-10-4-2-5-11-21)29-25-14-8-9-15-26(25)31-28(23-16-18-24(30)19-17-23)27(29)22-12-6-3-7-13-22/h2-19H,20H2,1H3. The molecule has 1 aromatic heterocycles. The summed E-state index contributed by atoms with van der Waals surface area (Å²) < 4.78 is 29.4. The van der Waals surface area contributed by atoms with Crippen molar-refractivity contribution < 1.29 is 8.42 Å². The van der Waals surface area contributed by atoms with Gasteiger partial charge in [-0.05, 0) is 51.9 Å². The normalized spacial score (nSPS) is 11.5. The Kier molecular flexibility index (Phi) is 6.58. The van der Waals surface area contributed by atoms with Gasteiger partial charge in [0, 0.05) is 20.1 Å². The highest BCUT2D eigenvalue weighted by atomic mass is 127. The first-order valence-electron chi connectivity index (χ1n) is 11.2. The minimum Gasteiger partial charge on any atom is -0.265 e. The summed E-state index contributed by atoms with van der Waals surface area (Å²) in [6, 6.07) is 35.5. The lowest BCUT2D eigenvalue weighted by Crippen LogP contribution is -2.30. The summed E-state index contributed by atoms with van der Waals surface area (Å²) in [4.78, 5) is 5.06. The predicted octanol–water partition coefficient (Wildman–Crippen LogP) is 7.14. The number of anilines is 1. The molecule has 0 spiro atoms. The van der Waals surface area contributed by atoms with E-state index >= 15 is 0 Å². The maximum atomic E-state index is 13.4. The van der Waals surface area contributed by atoms with Gasteiger partial charge in [-0.1, -0.05) is 91.0 Å². The van der Waals surface area contributed by atoms with Crippen LogP contribution in [0, 0.1) is 3.57 Å². The third kappa shape index (κ3) is 4.94. The number of hydrogen-bond acceptors (Lipinski definition) is 3. The third-order valence-corrected chi connectivity index (χ3v) is 7.70. The van der Waals surface area contributed by atoms with Gasteiger partial charge in [0.2, 0.25) is 10.0 Å². The van der Waals surface area contributed by atoms with E-state index in [0.29, 0.717) is 5.69 Å². The van der Waals surface area contributed by atoms with Gasteiger partial charge in [-0.3, -0.25) is 4.31 Å². The highest BCUT2D eigenvalue weighted by Gasteiger charge is 2.27. The highest BCUT2D eigenvalue weighted by molar-refractivity contribution is 14.1. The van der Waals surface area contributed by atoms with E-state index in [1.165, 1.54) is 10.6 Å². The molecule has 0 bridgehead atoms. The van der Waals surface area contributed by atoms with Gasteiger partial charge in [-0.15, -0.1) is 0 Å². The van der Waals surface area contributed by atoms with Crippen molar-refractivity contribution in [2.75, 3.05) is 10.6 Å². The summed E-state index contributed by atoms with van der Waals surface area (Å²) in [6.07, 6.45) is 1.27. The molecule has 0 saturated heterocycles. The molecule has 1 heterocycles. The van der Waals surface area contributed by atoms with E-state index in [9.17, 15) is 8.42 Å². The van der Waals surface area contributed by atoms with Crippen LogP contribution >= 0.6 is 22.6 Å². The van der Waals surface area contributed by atoms with Crippen LogP contribution in [0.2, 0.25) is 0 Å². The lowest BCUT2D eigenvalue weighted by Gasteiger charge is -2.28. The molecule has 0 unspecified atom stereocenters. The largest absolute Gasteiger partial charge is 0.265 e. The number of halogens is 1. The fourth-order valence-electron chi connectivity index (χ4n) is 4.26. The molecule has 5 aromatic rings. The molecule has 0 N–H and O–H groups in total. The van der Waals surface area contributed by atoms with Gasteiger partial charge in [0.05, 0.1) is 29.7 Å². The van der Waals surface area contributed by atoms with Crippen molar-refractivity contribution in [1.29, 1.82) is 0 Å². The van der Waals surface area contributed by atoms with Crippen LogP contribution in [0.25, 0.3) is 33.3 Å². The molecule has 0 amide bonds. The summed E-state index contributed by atoms with van der Waals surface area (Å²) in [5.41, 5.74) is 5.70. The smallest absolute Gasteiger partial charge is 0.232 e. The first-order chi connectivity index (χ1) is 16.9. The Bertz CT molecular complexity index is 1590. The number of hydrogen-bond donors (Lipinski definition) is 0. The molecule has 174 valence electrons. The molecule has 4 nitrogen and oxygen atoms in total. The zero-order chi connectivity index (χ0) is 24.4. The average Bonchev–Trinajstić information content (AvgIpc) is 2.87. The highest BCUT2D eigenvalue weighted by Crippen LogP contribution is 2.44. The Morgan fingerprint density at radius 2 is 1.34 bits per heavy atom. The summed E-state index contributed by atoms with van der Waals surface area (Å²) in [5.74, 6) is 0. The van der Waals surface area contributed by atoms with Crippen molar-refractivity contribution in [3.63, 3.8) is 0 Å². The number of benzene rings is 4. The number of fused-ring (bicyclic) bond motifs is 1. The zero-order valence-electron chi connectivity index (χ0n) is 19.1. The second-order valence-corrected chi connectivity index (χ2v) is 11.5. The molecule has 0 radical (unpaired) electrons. The van der Waals surface area contributed by atoms with E-state index in [-0.39, 0.29) is 6.54 Å². The van der Waals surface area contributed by atoms with E-state index in [0.717, 1.165) is 42.4 Å². The maximum Gasteiger partial charge on any atom is 0.232 e. The number of aromatic nitrogens is 1. The molecule has 0 atom stereocenters. The van der Waals surface area contributed by atoms with Gasteiger partial charge in [0.1, 0.15) is 0 Å². The molecule has 5 rings (SSSR count). The minimum absolute atomic E-state index is 0.222. The summed E-state index contributed by atoms with van der Waals surface area (Å²) in [7, 11) is -3.64. The van der Waals surface area contributed by atoms with Crippen molar-refractivity contribution in [1.82, 2.24) is 4.98 Å². The van der Waals surface area contributed by atoms with Gasteiger partial charge in [0.25, 0.3) is 0 Å². The van der Waals surface area contributed by atoms with Crippen molar-refractivity contribution in [3.05, 3.63) is 118 Å². The molecule has 0 aliphatic rings. The first kappa shape index (κ1) is 23.5. The number of pyridine rings is 1. The van der Waals surface area contributed by atoms with Crippen LogP contribution in [-0.4, -0.2) is 19.7 Å². The van der Waals surface area contributed by atoms with Gasteiger partial charge in [0.15, 0.2) is 0 Å². The average molecular weight is 590 g/mol. The predicted molar refractivity (Wildman–Crippen MR) is 153 cm³/mol. The molecule has 6 heteroatoms. The van der Waals surface area contributed by atoms with E-state index in [2.05, 4.69) is 22.6 Å². The number of nitrogens with zero attached hydrogens (tertiary/aromatic N) is 2. The number of rotatable bonds is 6. The molecule has 4 aromatic carbocycles. The summed E-state index contributed by atoms with van der Waals surface area (Å²) >= 11 is 2.28. The van der Waals surface area contributed by atoms with Crippen LogP contribution in [0.15, 0.2) is 109 Å². The van der Waals surface area contributed by atoms with Crippen molar-refractivity contribution in [3.8, 4) is 22.4 Å².